The van der Waals surface area contributed by atoms with Crippen LogP contribution in [0.4, 0.5) is 13.9 Å². The highest BCUT2D eigenvalue weighted by molar-refractivity contribution is 7.18. The molecule has 2 aromatic rings. The zero-order valence-electron chi connectivity index (χ0n) is 9.39. The molecule has 1 heterocycles. The fraction of sp³-hybridized carbons (Fsp3) is 0.182. The number of thiazole rings is 1. The van der Waals surface area contributed by atoms with Crippen molar-refractivity contribution in [3.63, 3.8) is 0 Å². The maximum absolute atomic E-state index is 12.3. The number of rotatable bonds is 4. The van der Waals surface area contributed by atoms with Crippen LogP contribution in [0.3, 0.4) is 0 Å². The fourth-order valence-electron chi connectivity index (χ4n) is 1.44. The first-order chi connectivity index (χ1) is 8.60. The summed E-state index contributed by atoms with van der Waals surface area (Å²) >= 11 is 1.26. The van der Waals surface area contributed by atoms with Gasteiger partial charge in [0.15, 0.2) is 16.6 Å². The largest absolute Gasteiger partial charge is 0.493 e. The van der Waals surface area contributed by atoms with E-state index in [9.17, 15) is 8.78 Å². The van der Waals surface area contributed by atoms with Crippen LogP contribution in [0.5, 0.6) is 11.5 Å². The first kappa shape index (κ1) is 12.6. The second-order valence-electron chi connectivity index (χ2n) is 3.31. The summed E-state index contributed by atoms with van der Waals surface area (Å²) in [5.41, 5.74) is 6.22. The zero-order valence-corrected chi connectivity index (χ0v) is 10.2. The number of aromatic nitrogens is 1. The molecule has 0 saturated heterocycles. The summed E-state index contributed by atoms with van der Waals surface area (Å²) in [7, 11) is 1.39. The first-order valence-corrected chi connectivity index (χ1v) is 5.76. The van der Waals surface area contributed by atoms with E-state index in [0.29, 0.717) is 10.7 Å². The molecule has 0 aliphatic carbocycles. The van der Waals surface area contributed by atoms with Crippen LogP contribution in [0.2, 0.25) is 0 Å². The number of alkyl halides is 2. The van der Waals surface area contributed by atoms with Crippen molar-refractivity contribution in [2.24, 2.45) is 0 Å². The molecule has 0 fully saturated rings. The molecule has 0 saturated carbocycles. The van der Waals surface area contributed by atoms with Crippen LogP contribution in [0.1, 0.15) is 0 Å². The van der Waals surface area contributed by atoms with Crippen molar-refractivity contribution < 1.29 is 18.3 Å². The number of halogens is 2. The Hall–Kier alpha value is -1.89. The third kappa shape index (κ3) is 2.67. The lowest BCUT2D eigenvalue weighted by molar-refractivity contribution is -0.0511. The van der Waals surface area contributed by atoms with Gasteiger partial charge in [0.25, 0.3) is 0 Å². The van der Waals surface area contributed by atoms with Gasteiger partial charge in [-0.25, -0.2) is 4.98 Å². The van der Waals surface area contributed by atoms with Gasteiger partial charge in [-0.1, -0.05) is 11.3 Å². The van der Waals surface area contributed by atoms with Crippen LogP contribution in [0.25, 0.3) is 10.4 Å². The summed E-state index contributed by atoms with van der Waals surface area (Å²) in [5.74, 6) is 0.230. The average Bonchev–Trinajstić information content (AvgIpc) is 2.75. The number of nitrogens with zero attached hydrogens (tertiary/aromatic N) is 1. The summed E-state index contributed by atoms with van der Waals surface area (Å²) in [4.78, 5) is 4.67. The number of methoxy groups -OCH3 is 1. The molecule has 2 rings (SSSR count). The SMILES string of the molecule is COc1ccc(-c2cnc(N)s2)cc1OC(F)F. The molecule has 7 heteroatoms. The fourth-order valence-corrected chi connectivity index (χ4v) is 2.12. The van der Waals surface area contributed by atoms with E-state index in [1.165, 1.54) is 24.5 Å². The maximum Gasteiger partial charge on any atom is 0.387 e. The summed E-state index contributed by atoms with van der Waals surface area (Å²) in [6, 6.07) is 4.75. The number of hydrogen-bond donors (Lipinski definition) is 1. The number of nitrogen functional groups attached to an aromatic ring is 1. The maximum atomic E-state index is 12.3. The highest BCUT2D eigenvalue weighted by atomic mass is 32.1. The molecular weight excluding hydrogens is 262 g/mol. The van der Waals surface area contributed by atoms with Crippen LogP contribution in [0.15, 0.2) is 24.4 Å². The Bertz CT molecular complexity index is 546. The highest BCUT2D eigenvalue weighted by Gasteiger charge is 2.12. The second kappa shape index (κ2) is 5.18. The quantitative estimate of drug-likeness (QED) is 0.929. The Morgan fingerprint density at radius 3 is 2.67 bits per heavy atom. The van der Waals surface area contributed by atoms with E-state index in [1.807, 2.05) is 0 Å². The van der Waals surface area contributed by atoms with Crippen molar-refractivity contribution in [3.05, 3.63) is 24.4 Å². The van der Waals surface area contributed by atoms with Gasteiger partial charge >= 0.3 is 6.61 Å². The van der Waals surface area contributed by atoms with Crippen molar-refractivity contribution in [3.8, 4) is 21.9 Å². The predicted octanol–water partition coefficient (Wildman–Crippen LogP) is 3.00. The van der Waals surface area contributed by atoms with Gasteiger partial charge in [0, 0.05) is 6.20 Å². The molecule has 1 aromatic carbocycles. The Kier molecular flexibility index (Phi) is 3.61. The van der Waals surface area contributed by atoms with Gasteiger partial charge in [-0.2, -0.15) is 8.78 Å². The molecule has 0 aliphatic heterocycles. The van der Waals surface area contributed by atoms with Crippen LogP contribution in [0, 0.1) is 0 Å². The molecule has 4 nitrogen and oxygen atoms in total. The van der Waals surface area contributed by atoms with Crippen molar-refractivity contribution in [2.75, 3.05) is 12.8 Å². The van der Waals surface area contributed by atoms with E-state index in [-0.39, 0.29) is 11.5 Å². The monoisotopic (exact) mass is 272 g/mol. The average molecular weight is 272 g/mol. The smallest absolute Gasteiger partial charge is 0.387 e. The molecular formula is C11H10F2N2O2S. The number of benzene rings is 1. The Morgan fingerprint density at radius 2 is 2.11 bits per heavy atom. The van der Waals surface area contributed by atoms with Crippen LogP contribution >= 0.6 is 11.3 Å². The third-order valence-corrected chi connectivity index (χ3v) is 3.06. The van der Waals surface area contributed by atoms with Crippen molar-refractivity contribution in [2.45, 2.75) is 6.61 Å². The Morgan fingerprint density at radius 1 is 1.33 bits per heavy atom. The van der Waals surface area contributed by atoms with Gasteiger partial charge in [0.05, 0.1) is 12.0 Å². The van der Waals surface area contributed by atoms with E-state index in [1.54, 1.807) is 18.3 Å². The molecule has 0 radical (unpaired) electrons. The lowest BCUT2D eigenvalue weighted by atomic mass is 10.2. The highest BCUT2D eigenvalue weighted by Crippen LogP contribution is 2.35. The van der Waals surface area contributed by atoms with Crippen LogP contribution in [-0.2, 0) is 0 Å². The number of hydrogen-bond acceptors (Lipinski definition) is 5. The molecule has 0 bridgehead atoms. The van der Waals surface area contributed by atoms with Crippen molar-refractivity contribution >= 4 is 16.5 Å². The van der Waals surface area contributed by atoms with Crippen LogP contribution in [-0.4, -0.2) is 18.7 Å². The number of nitrogens with two attached hydrogens (primary N) is 1. The third-order valence-electron chi connectivity index (χ3n) is 2.19. The molecule has 0 atom stereocenters. The van der Waals surface area contributed by atoms with E-state index in [4.69, 9.17) is 10.5 Å². The molecule has 0 aliphatic rings. The minimum atomic E-state index is -2.90. The van der Waals surface area contributed by atoms with Gasteiger partial charge in [-0.15, -0.1) is 0 Å². The molecule has 0 unspecified atom stereocenters. The molecule has 1 aromatic heterocycles. The Balaban J connectivity index is 2.38. The van der Waals surface area contributed by atoms with Crippen molar-refractivity contribution in [1.29, 1.82) is 0 Å². The second-order valence-corrected chi connectivity index (χ2v) is 4.37. The lowest BCUT2D eigenvalue weighted by Crippen LogP contribution is -2.03. The van der Waals surface area contributed by atoms with E-state index in [2.05, 4.69) is 9.72 Å². The van der Waals surface area contributed by atoms with Crippen LogP contribution < -0.4 is 15.2 Å². The number of anilines is 1. The van der Waals surface area contributed by atoms with Crippen molar-refractivity contribution in [1.82, 2.24) is 4.98 Å². The molecule has 0 spiro atoms. The van der Waals surface area contributed by atoms with Gasteiger partial charge in [-0.05, 0) is 23.8 Å². The normalized spacial score (nSPS) is 10.7. The lowest BCUT2D eigenvalue weighted by Gasteiger charge is -2.10. The van der Waals surface area contributed by atoms with Gasteiger partial charge < -0.3 is 15.2 Å². The van der Waals surface area contributed by atoms with Gasteiger partial charge in [-0.3, -0.25) is 0 Å². The first-order valence-electron chi connectivity index (χ1n) is 4.94. The zero-order chi connectivity index (χ0) is 13.1. The molecule has 18 heavy (non-hydrogen) atoms. The van der Waals surface area contributed by atoms with E-state index in [0.717, 1.165) is 4.88 Å². The molecule has 2 N–H and O–H groups in total. The standard InChI is InChI=1S/C11H10F2N2O2S/c1-16-7-3-2-6(4-8(7)17-10(12)13)9-5-15-11(14)18-9/h2-5,10H,1H3,(H2,14,15). The molecule has 96 valence electrons. The van der Waals surface area contributed by atoms with E-state index < -0.39 is 6.61 Å². The van der Waals surface area contributed by atoms with E-state index >= 15 is 0 Å². The van der Waals surface area contributed by atoms with Gasteiger partial charge in [0.2, 0.25) is 0 Å². The van der Waals surface area contributed by atoms with Gasteiger partial charge in [0.1, 0.15) is 0 Å². The Labute approximate surface area is 106 Å². The minimum Gasteiger partial charge on any atom is -0.493 e. The topological polar surface area (TPSA) is 57.4 Å². The summed E-state index contributed by atoms with van der Waals surface area (Å²) in [6.07, 6.45) is 1.58. The predicted molar refractivity (Wildman–Crippen MR) is 65.1 cm³/mol. The molecule has 0 amide bonds. The minimum absolute atomic E-state index is 0.0167. The summed E-state index contributed by atoms with van der Waals surface area (Å²) < 4.78 is 33.9. The number of ether oxygens (including phenoxy) is 2. The summed E-state index contributed by atoms with van der Waals surface area (Å²) in [5, 5.41) is 0.414. The summed E-state index contributed by atoms with van der Waals surface area (Å²) in [6.45, 7) is -2.90.